The molecular weight excluding hydrogens is 214 g/mol. The molecule has 0 aliphatic heterocycles. The molecule has 0 aliphatic carbocycles. The first-order chi connectivity index (χ1) is 8.28. The monoisotopic (exact) mass is 229 g/mol. The second-order valence-corrected chi connectivity index (χ2v) is 3.73. The number of ether oxygens (including phenoxy) is 1. The largest absolute Gasteiger partial charge is 0.492 e. The van der Waals surface area contributed by atoms with Gasteiger partial charge in [0.25, 0.3) is 0 Å². The molecular formula is C13H15N3O. The highest BCUT2D eigenvalue weighted by Gasteiger charge is 2.00. The average Bonchev–Trinajstić information content (AvgIpc) is 2.30. The summed E-state index contributed by atoms with van der Waals surface area (Å²) in [6.45, 7) is 2.60. The molecule has 4 heteroatoms. The van der Waals surface area contributed by atoms with Crippen LogP contribution in [0.5, 0.6) is 5.75 Å². The second-order valence-electron chi connectivity index (χ2n) is 3.73. The molecule has 2 rings (SSSR count). The molecule has 0 atom stereocenters. The summed E-state index contributed by atoms with van der Waals surface area (Å²) in [5.74, 6) is 1.34. The molecule has 0 amide bonds. The van der Waals surface area contributed by atoms with E-state index in [1.165, 1.54) is 0 Å². The van der Waals surface area contributed by atoms with Crippen LogP contribution in [0, 0.1) is 0 Å². The van der Waals surface area contributed by atoms with Gasteiger partial charge in [0.2, 0.25) is 0 Å². The summed E-state index contributed by atoms with van der Waals surface area (Å²) >= 11 is 0. The van der Waals surface area contributed by atoms with Crippen LogP contribution in [0.1, 0.15) is 18.1 Å². The van der Waals surface area contributed by atoms with Crippen molar-refractivity contribution in [2.24, 2.45) is 0 Å². The molecule has 0 bridgehead atoms. The first-order valence-corrected chi connectivity index (χ1v) is 5.55. The molecule has 0 saturated heterocycles. The van der Waals surface area contributed by atoms with Gasteiger partial charge in [-0.2, -0.15) is 0 Å². The van der Waals surface area contributed by atoms with Gasteiger partial charge in [0.15, 0.2) is 0 Å². The zero-order valence-electron chi connectivity index (χ0n) is 9.76. The van der Waals surface area contributed by atoms with E-state index in [2.05, 4.69) is 9.97 Å². The fourth-order valence-electron chi connectivity index (χ4n) is 1.65. The number of pyridine rings is 2. The Morgan fingerprint density at radius 1 is 1.24 bits per heavy atom. The Kier molecular flexibility index (Phi) is 3.55. The van der Waals surface area contributed by atoms with Gasteiger partial charge in [-0.25, -0.2) is 4.98 Å². The Balaban J connectivity index is 2.15. The van der Waals surface area contributed by atoms with Crippen LogP contribution in [0.25, 0.3) is 0 Å². The topological polar surface area (TPSA) is 61.0 Å². The maximum absolute atomic E-state index is 5.64. The van der Waals surface area contributed by atoms with E-state index in [1.54, 1.807) is 12.4 Å². The van der Waals surface area contributed by atoms with Crippen LogP contribution < -0.4 is 10.5 Å². The number of aromatic nitrogens is 2. The smallest absolute Gasteiger partial charge is 0.137 e. The van der Waals surface area contributed by atoms with Gasteiger partial charge in [-0.1, -0.05) is 0 Å². The second kappa shape index (κ2) is 5.30. The number of hydrogen-bond donors (Lipinski definition) is 1. The molecule has 4 nitrogen and oxygen atoms in total. The van der Waals surface area contributed by atoms with E-state index in [0.29, 0.717) is 12.4 Å². The maximum Gasteiger partial charge on any atom is 0.137 e. The van der Waals surface area contributed by atoms with Crippen molar-refractivity contribution in [2.45, 2.75) is 13.3 Å². The molecule has 0 radical (unpaired) electrons. The summed E-state index contributed by atoms with van der Waals surface area (Å²) in [6, 6.07) is 5.81. The highest BCUT2D eigenvalue weighted by Crippen LogP contribution is 2.15. The maximum atomic E-state index is 5.64. The zero-order valence-corrected chi connectivity index (χ0v) is 9.76. The van der Waals surface area contributed by atoms with E-state index in [4.69, 9.17) is 10.5 Å². The van der Waals surface area contributed by atoms with E-state index in [9.17, 15) is 0 Å². The molecule has 2 aromatic heterocycles. The predicted octanol–water partition coefficient (Wildman–Crippen LogP) is 2.05. The molecule has 0 unspecified atom stereocenters. The minimum Gasteiger partial charge on any atom is -0.492 e. The fraction of sp³-hybridized carbons (Fsp3) is 0.231. The number of anilines is 1. The van der Waals surface area contributed by atoms with Crippen molar-refractivity contribution in [1.29, 1.82) is 0 Å². The predicted molar refractivity (Wildman–Crippen MR) is 66.9 cm³/mol. The van der Waals surface area contributed by atoms with Crippen molar-refractivity contribution in [3.8, 4) is 5.75 Å². The van der Waals surface area contributed by atoms with E-state index in [0.717, 1.165) is 23.3 Å². The van der Waals surface area contributed by atoms with Crippen LogP contribution in [-0.2, 0) is 6.42 Å². The lowest BCUT2D eigenvalue weighted by Crippen LogP contribution is -1.96. The SMILES string of the molecule is CCOc1cncc(Cc2ccnc(N)c2)c1. The van der Waals surface area contributed by atoms with Crippen molar-refractivity contribution >= 4 is 5.82 Å². The number of rotatable bonds is 4. The third-order valence-electron chi connectivity index (χ3n) is 2.33. The third kappa shape index (κ3) is 3.17. The van der Waals surface area contributed by atoms with Crippen LogP contribution in [0.2, 0.25) is 0 Å². The Hall–Kier alpha value is -2.10. The molecule has 0 aliphatic rings. The third-order valence-corrected chi connectivity index (χ3v) is 2.33. The molecule has 88 valence electrons. The van der Waals surface area contributed by atoms with Gasteiger partial charge in [-0.05, 0) is 42.7 Å². The van der Waals surface area contributed by atoms with Crippen molar-refractivity contribution < 1.29 is 4.74 Å². The highest BCUT2D eigenvalue weighted by molar-refractivity contribution is 5.35. The molecule has 0 spiro atoms. The molecule has 0 saturated carbocycles. The van der Waals surface area contributed by atoms with Gasteiger partial charge in [0, 0.05) is 12.4 Å². The lowest BCUT2D eigenvalue weighted by atomic mass is 10.1. The minimum atomic E-state index is 0.538. The van der Waals surface area contributed by atoms with Crippen LogP contribution in [0.15, 0.2) is 36.8 Å². The lowest BCUT2D eigenvalue weighted by Gasteiger charge is -2.05. The number of nitrogens with zero attached hydrogens (tertiary/aromatic N) is 2. The van der Waals surface area contributed by atoms with E-state index in [1.807, 2.05) is 31.3 Å². The van der Waals surface area contributed by atoms with Crippen molar-refractivity contribution in [3.63, 3.8) is 0 Å². The Labute approximate surface area is 100 Å². The fourth-order valence-corrected chi connectivity index (χ4v) is 1.65. The lowest BCUT2D eigenvalue weighted by molar-refractivity contribution is 0.338. The van der Waals surface area contributed by atoms with Crippen LogP contribution in [0.3, 0.4) is 0 Å². The Bertz CT molecular complexity index is 500. The van der Waals surface area contributed by atoms with E-state index >= 15 is 0 Å². The average molecular weight is 229 g/mol. The van der Waals surface area contributed by atoms with Gasteiger partial charge < -0.3 is 10.5 Å². The molecule has 2 N–H and O–H groups in total. The summed E-state index contributed by atoms with van der Waals surface area (Å²) in [7, 11) is 0. The molecule has 0 fully saturated rings. The normalized spacial score (nSPS) is 10.2. The van der Waals surface area contributed by atoms with E-state index in [-0.39, 0.29) is 0 Å². The van der Waals surface area contributed by atoms with Gasteiger partial charge >= 0.3 is 0 Å². The molecule has 2 heterocycles. The Morgan fingerprint density at radius 2 is 2.12 bits per heavy atom. The summed E-state index contributed by atoms with van der Waals surface area (Å²) in [4.78, 5) is 8.12. The molecule has 0 aromatic carbocycles. The van der Waals surface area contributed by atoms with Crippen molar-refractivity contribution in [3.05, 3.63) is 47.9 Å². The summed E-state index contributed by atoms with van der Waals surface area (Å²) in [5.41, 5.74) is 7.86. The first-order valence-electron chi connectivity index (χ1n) is 5.55. The summed E-state index contributed by atoms with van der Waals surface area (Å²) in [6.07, 6.45) is 6.04. The molecule has 17 heavy (non-hydrogen) atoms. The number of nitrogens with two attached hydrogens (primary N) is 1. The van der Waals surface area contributed by atoms with Crippen LogP contribution in [-0.4, -0.2) is 16.6 Å². The summed E-state index contributed by atoms with van der Waals surface area (Å²) < 4.78 is 5.41. The van der Waals surface area contributed by atoms with Gasteiger partial charge in [0.05, 0.1) is 12.8 Å². The van der Waals surface area contributed by atoms with Crippen LogP contribution in [0.4, 0.5) is 5.82 Å². The van der Waals surface area contributed by atoms with Crippen LogP contribution >= 0.6 is 0 Å². The highest BCUT2D eigenvalue weighted by atomic mass is 16.5. The van der Waals surface area contributed by atoms with Gasteiger partial charge in [-0.15, -0.1) is 0 Å². The summed E-state index contributed by atoms with van der Waals surface area (Å²) in [5, 5.41) is 0. The number of nitrogen functional groups attached to an aromatic ring is 1. The number of hydrogen-bond acceptors (Lipinski definition) is 4. The zero-order chi connectivity index (χ0) is 12.1. The first kappa shape index (κ1) is 11.4. The minimum absolute atomic E-state index is 0.538. The quantitative estimate of drug-likeness (QED) is 0.871. The standard InChI is InChI=1S/C13H15N3O/c1-2-17-12-6-11(8-15-9-12)5-10-3-4-16-13(14)7-10/h3-4,6-9H,2,5H2,1H3,(H2,14,16). The van der Waals surface area contributed by atoms with Gasteiger partial charge in [0.1, 0.15) is 11.6 Å². The molecule has 2 aromatic rings. The van der Waals surface area contributed by atoms with Gasteiger partial charge in [-0.3, -0.25) is 4.98 Å². The van der Waals surface area contributed by atoms with Crippen molar-refractivity contribution in [2.75, 3.05) is 12.3 Å². The van der Waals surface area contributed by atoms with Crippen molar-refractivity contribution in [1.82, 2.24) is 9.97 Å². The van der Waals surface area contributed by atoms with E-state index < -0.39 is 0 Å². The Morgan fingerprint density at radius 3 is 2.88 bits per heavy atom.